The molecule has 0 amide bonds. The maximum atomic E-state index is 12.2. The molecule has 1 rings (SSSR count). The summed E-state index contributed by atoms with van der Waals surface area (Å²) >= 11 is 0. The van der Waals surface area contributed by atoms with Crippen molar-refractivity contribution in [3.63, 3.8) is 0 Å². The number of hydrogen-bond donors (Lipinski definition) is 2. The maximum Gasteiger partial charge on any atom is 0.199 e. The Morgan fingerprint density at radius 1 is 1.00 bits per heavy atom. The fourth-order valence-corrected chi connectivity index (χ4v) is 2.54. The second-order valence-corrected chi connectivity index (χ2v) is 7.10. The third kappa shape index (κ3) is 10.7. The van der Waals surface area contributed by atoms with Gasteiger partial charge in [-0.25, -0.2) is 0 Å². The number of rotatable bonds is 15. The Bertz CT molecular complexity index is 453. The second-order valence-electron chi connectivity index (χ2n) is 7.10. The maximum absolute atomic E-state index is 12.2. The van der Waals surface area contributed by atoms with Crippen LogP contribution in [0.3, 0.4) is 0 Å². The number of carbonyl (C=O) groups is 1. The van der Waals surface area contributed by atoms with Crippen LogP contribution in [0, 0.1) is 5.41 Å². The van der Waals surface area contributed by atoms with Crippen LogP contribution in [0.15, 0.2) is 11.5 Å². The Kier molecular flexibility index (Phi) is 12.3. The zero-order chi connectivity index (χ0) is 20.0. The number of carbonyl (C=O) groups excluding carboxylic acids is 1. The Balaban J connectivity index is 2.05. The summed E-state index contributed by atoms with van der Waals surface area (Å²) in [4.78, 5) is 12.2. The van der Waals surface area contributed by atoms with Crippen molar-refractivity contribution < 1.29 is 28.5 Å². The SMILES string of the molecule is CN/C(CCOCCOCCOCCOCCN)=C1\OCC(C)(C)CC1=O. The Labute approximate surface area is 162 Å². The lowest BCUT2D eigenvalue weighted by Gasteiger charge is -2.31. The first-order chi connectivity index (χ1) is 13.0. The summed E-state index contributed by atoms with van der Waals surface area (Å²) in [6.07, 6.45) is 1.10. The molecule has 8 nitrogen and oxygen atoms in total. The summed E-state index contributed by atoms with van der Waals surface area (Å²) in [5, 5.41) is 3.06. The van der Waals surface area contributed by atoms with Crippen LogP contribution >= 0.6 is 0 Å². The van der Waals surface area contributed by atoms with Crippen molar-refractivity contribution in [1.29, 1.82) is 0 Å². The van der Waals surface area contributed by atoms with E-state index in [9.17, 15) is 4.79 Å². The number of ketones is 1. The highest BCUT2D eigenvalue weighted by Crippen LogP contribution is 2.30. The number of Topliss-reactive ketones (excluding diaryl/α,β-unsaturated/α-hetero) is 1. The smallest absolute Gasteiger partial charge is 0.199 e. The monoisotopic (exact) mass is 388 g/mol. The van der Waals surface area contributed by atoms with E-state index in [1.165, 1.54) is 0 Å². The molecule has 8 heteroatoms. The highest BCUT2D eigenvalue weighted by molar-refractivity contribution is 5.95. The second kappa shape index (κ2) is 13.9. The van der Waals surface area contributed by atoms with E-state index in [2.05, 4.69) is 5.32 Å². The molecule has 158 valence electrons. The molecule has 0 unspecified atom stereocenters. The summed E-state index contributed by atoms with van der Waals surface area (Å²) in [7, 11) is 1.79. The Hall–Kier alpha value is -1.19. The highest BCUT2D eigenvalue weighted by atomic mass is 16.6. The summed E-state index contributed by atoms with van der Waals surface area (Å²) < 4.78 is 27.2. The first kappa shape index (κ1) is 23.8. The molecule has 27 heavy (non-hydrogen) atoms. The first-order valence-electron chi connectivity index (χ1n) is 9.58. The van der Waals surface area contributed by atoms with Gasteiger partial charge in [-0.1, -0.05) is 13.8 Å². The molecule has 0 aromatic rings. The van der Waals surface area contributed by atoms with Gasteiger partial charge in [0, 0.05) is 31.8 Å². The van der Waals surface area contributed by atoms with Crippen molar-refractivity contribution in [2.75, 3.05) is 73.1 Å². The predicted molar refractivity (Wildman–Crippen MR) is 102 cm³/mol. The molecule has 1 aliphatic heterocycles. The van der Waals surface area contributed by atoms with Crippen LogP contribution in [0.5, 0.6) is 0 Å². The fourth-order valence-electron chi connectivity index (χ4n) is 2.54. The molecule has 3 N–H and O–H groups in total. The summed E-state index contributed by atoms with van der Waals surface area (Å²) in [5.41, 5.74) is 6.00. The van der Waals surface area contributed by atoms with Gasteiger partial charge in [0.1, 0.15) is 0 Å². The molecule has 0 radical (unpaired) electrons. The van der Waals surface area contributed by atoms with E-state index < -0.39 is 0 Å². The number of nitrogens with one attached hydrogen (secondary N) is 1. The molecule has 0 atom stereocenters. The van der Waals surface area contributed by atoms with Crippen molar-refractivity contribution >= 4 is 5.78 Å². The van der Waals surface area contributed by atoms with Gasteiger partial charge in [0.25, 0.3) is 0 Å². The number of allylic oxidation sites excluding steroid dienone is 1. The van der Waals surface area contributed by atoms with Gasteiger partial charge in [-0.15, -0.1) is 0 Å². The normalized spacial score (nSPS) is 18.3. The van der Waals surface area contributed by atoms with E-state index in [-0.39, 0.29) is 11.2 Å². The average molecular weight is 389 g/mol. The highest BCUT2D eigenvalue weighted by Gasteiger charge is 2.32. The minimum atomic E-state index is -0.103. The standard InChI is InChI=1S/C19H36N2O6/c1-19(2)14-17(22)18(27-15-19)16(21-3)4-6-23-8-10-25-12-13-26-11-9-24-7-5-20/h21H,4-15,20H2,1-3H3/b18-16-. The van der Waals surface area contributed by atoms with Crippen LogP contribution in [0.25, 0.3) is 0 Å². The van der Waals surface area contributed by atoms with Crippen molar-refractivity contribution in [1.82, 2.24) is 5.32 Å². The van der Waals surface area contributed by atoms with Crippen LogP contribution < -0.4 is 11.1 Å². The molecule has 0 aromatic heterocycles. The predicted octanol–water partition coefficient (Wildman–Crippen LogP) is 0.848. The zero-order valence-corrected chi connectivity index (χ0v) is 17.0. The minimum Gasteiger partial charge on any atom is -0.487 e. The summed E-state index contributed by atoms with van der Waals surface area (Å²) in [6, 6.07) is 0. The summed E-state index contributed by atoms with van der Waals surface area (Å²) in [6.45, 7) is 9.33. The van der Waals surface area contributed by atoms with Crippen molar-refractivity contribution in [3.05, 3.63) is 11.5 Å². The lowest BCUT2D eigenvalue weighted by atomic mass is 9.85. The van der Waals surface area contributed by atoms with Crippen molar-refractivity contribution in [2.24, 2.45) is 11.1 Å². The van der Waals surface area contributed by atoms with E-state index >= 15 is 0 Å². The molecule has 1 aliphatic rings. The van der Waals surface area contributed by atoms with Crippen LogP contribution in [0.4, 0.5) is 0 Å². The Morgan fingerprint density at radius 2 is 1.52 bits per heavy atom. The van der Waals surface area contributed by atoms with Gasteiger partial charge >= 0.3 is 0 Å². The van der Waals surface area contributed by atoms with E-state index in [0.29, 0.717) is 84.6 Å². The number of nitrogens with two attached hydrogens (primary N) is 1. The molecule has 0 aliphatic carbocycles. The van der Waals surface area contributed by atoms with Crippen molar-refractivity contribution in [2.45, 2.75) is 26.7 Å². The molecule has 1 saturated heterocycles. The third-order valence-electron chi connectivity index (χ3n) is 3.95. The molecular weight excluding hydrogens is 352 g/mol. The van der Waals surface area contributed by atoms with E-state index in [1.807, 2.05) is 13.8 Å². The van der Waals surface area contributed by atoms with Crippen LogP contribution in [0.2, 0.25) is 0 Å². The molecule has 1 fully saturated rings. The van der Waals surface area contributed by atoms with Gasteiger partial charge in [0.05, 0.1) is 65.2 Å². The molecule has 0 bridgehead atoms. The molecule has 1 heterocycles. The minimum absolute atomic E-state index is 0.0485. The topological polar surface area (TPSA) is 101 Å². The quantitative estimate of drug-likeness (QED) is 0.314. The molecule has 0 aromatic carbocycles. The Morgan fingerprint density at radius 3 is 2.00 bits per heavy atom. The van der Waals surface area contributed by atoms with Gasteiger partial charge in [0.2, 0.25) is 0 Å². The number of hydrogen-bond acceptors (Lipinski definition) is 8. The van der Waals surface area contributed by atoms with E-state index in [0.717, 1.165) is 5.70 Å². The first-order valence-corrected chi connectivity index (χ1v) is 9.58. The average Bonchev–Trinajstić information content (AvgIpc) is 2.62. The van der Waals surface area contributed by atoms with Gasteiger partial charge in [-0.05, 0) is 0 Å². The number of ether oxygens (including phenoxy) is 5. The third-order valence-corrected chi connectivity index (χ3v) is 3.95. The van der Waals surface area contributed by atoms with Crippen LogP contribution in [-0.4, -0.2) is 78.8 Å². The fraction of sp³-hybridized carbons (Fsp3) is 0.842. The summed E-state index contributed by atoms with van der Waals surface area (Å²) in [5.74, 6) is 0.497. The van der Waals surface area contributed by atoms with E-state index in [1.54, 1.807) is 7.05 Å². The van der Waals surface area contributed by atoms with Gasteiger partial charge in [-0.2, -0.15) is 0 Å². The lowest BCUT2D eigenvalue weighted by Crippen LogP contribution is -2.33. The van der Waals surface area contributed by atoms with Crippen LogP contribution in [-0.2, 0) is 28.5 Å². The van der Waals surface area contributed by atoms with Crippen LogP contribution in [0.1, 0.15) is 26.7 Å². The largest absolute Gasteiger partial charge is 0.487 e. The van der Waals surface area contributed by atoms with Gasteiger partial charge < -0.3 is 34.7 Å². The zero-order valence-electron chi connectivity index (χ0n) is 17.0. The molecule has 0 saturated carbocycles. The lowest BCUT2D eigenvalue weighted by molar-refractivity contribution is -0.126. The van der Waals surface area contributed by atoms with E-state index in [4.69, 9.17) is 29.4 Å². The van der Waals surface area contributed by atoms with Gasteiger partial charge in [0.15, 0.2) is 11.5 Å². The molecule has 0 spiro atoms. The van der Waals surface area contributed by atoms with Gasteiger partial charge in [-0.3, -0.25) is 4.79 Å². The molecular formula is C19H36N2O6. The van der Waals surface area contributed by atoms with Crippen molar-refractivity contribution in [3.8, 4) is 0 Å².